The van der Waals surface area contributed by atoms with Crippen LogP contribution >= 0.6 is 11.8 Å². The quantitative estimate of drug-likeness (QED) is 0.816. The molecule has 0 aliphatic carbocycles. The van der Waals surface area contributed by atoms with Gasteiger partial charge in [-0.3, -0.25) is 4.79 Å². The molecule has 0 saturated carbocycles. The van der Waals surface area contributed by atoms with E-state index < -0.39 is 0 Å². The van der Waals surface area contributed by atoms with Crippen molar-refractivity contribution in [1.29, 1.82) is 0 Å². The molecule has 0 fully saturated rings. The van der Waals surface area contributed by atoms with Crippen molar-refractivity contribution in [3.05, 3.63) is 30.3 Å². The lowest BCUT2D eigenvalue weighted by Crippen LogP contribution is -2.14. The number of rotatable bonds is 4. The van der Waals surface area contributed by atoms with E-state index in [1.54, 1.807) is 7.05 Å². The van der Waals surface area contributed by atoms with Gasteiger partial charge in [-0.1, -0.05) is 30.0 Å². The first-order chi connectivity index (χ1) is 8.25. The van der Waals surface area contributed by atoms with E-state index in [1.165, 1.54) is 16.4 Å². The molecule has 1 heterocycles. The Bertz CT molecular complexity index is 498. The molecule has 1 N–H and O–H groups in total. The van der Waals surface area contributed by atoms with Gasteiger partial charge in [0.25, 0.3) is 0 Å². The van der Waals surface area contributed by atoms with Crippen molar-refractivity contribution in [2.75, 3.05) is 11.1 Å². The third kappa shape index (κ3) is 3.28. The Hall–Kier alpha value is -1.89. The summed E-state index contributed by atoms with van der Waals surface area (Å²) in [4.78, 5) is 11.6. The number of benzene rings is 1. The molecular formula is C10H11N5OS. The maximum absolute atomic E-state index is 11.6. The number of aryl methyl sites for hydroxylation is 1. The van der Waals surface area contributed by atoms with E-state index in [9.17, 15) is 4.79 Å². The Morgan fingerprint density at radius 3 is 2.82 bits per heavy atom. The van der Waals surface area contributed by atoms with E-state index in [2.05, 4.69) is 20.8 Å². The number of aromatic nitrogens is 4. The van der Waals surface area contributed by atoms with E-state index in [0.717, 1.165) is 5.69 Å². The summed E-state index contributed by atoms with van der Waals surface area (Å²) in [6, 6.07) is 9.32. The van der Waals surface area contributed by atoms with Gasteiger partial charge in [-0.25, -0.2) is 4.68 Å². The van der Waals surface area contributed by atoms with Crippen molar-refractivity contribution in [3.63, 3.8) is 0 Å². The van der Waals surface area contributed by atoms with Crippen LogP contribution in [0.3, 0.4) is 0 Å². The lowest BCUT2D eigenvalue weighted by Gasteiger charge is -2.03. The molecule has 1 aromatic heterocycles. The van der Waals surface area contributed by atoms with Crippen LogP contribution in [-0.4, -0.2) is 31.9 Å². The van der Waals surface area contributed by atoms with Gasteiger partial charge in [-0.2, -0.15) is 0 Å². The normalized spacial score (nSPS) is 10.2. The number of nitrogens with one attached hydrogen (secondary N) is 1. The summed E-state index contributed by atoms with van der Waals surface area (Å²) in [6.07, 6.45) is 0. The van der Waals surface area contributed by atoms with Crippen LogP contribution < -0.4 is 5.32 Å². The standard InChI is InChI=1S/C10H11N5OS/c1-15-10(12-13-14-15)17-7-9(16)11-8-5-3-2-4-6-8/h2-6H,7H2,1H3,(H,11,16). The fraction of sp³-hybridized carbons (Fsp3) is 0.200. The van der Waals surface area contributed by atoms with Gasteiger partial charge < -0.3 is 5.32 Å². The lowest BCUT2D eigenvalue weighted by molar-refractivity contribution is -0.113. The number of carbonyl (C=O) groups excluding carboxylic acids is 1. The van der Waals surface area contributed by atoms with Crippen molar-refractivity contribution in [2.24, 2.45) is 7.05 Å². The number of tetrazole rings is 1. The molecule has 0 saturated heterocycles. The number of nitrogens with zero attached hydrogens (tertiary/aromatic N) is 4. The molecule has 2 rings (SSSR count). The fourth-order valence-electron chi connectivity index (χ4n) is 1.19. The molecule has 0 radical (unpaired) electrons. The van der Waals surface area contributed by atoms with Crippen molar-refractivity contribution >= 4 is 23.4 Å². The molecule has 88 valence electrons. The number of carbonyl (C=O) groups is 1. The van der Waals surface area contributed by atoms with E-state index in [1.807, 2.05) is 30.3 Å². The SMILES string of the molecule is Cn1nnnc1SCC(=O)Nc1ccccc1. The molecule has 0 unspecified atom stereocenters. The monoisotopic (exact) mass is 249 g/mol. The molecule has 1 aromatic carbocycles. The Morgan fingerprint density at radius 2 is 2.18 bits per heavy atom. The van der Waals surface area contributed by atoms with Gasteiger partial charge in [0.05, 0.1) is 5.75 Å². The summed E-state index contributed by atoms with van der Waals surface area (Å²) in [5, 5.41) is 14.4. The van der Waals surface area contributed by atoms with E-state index in [-0.39, 0.29) is 11.7 Å². The average molecular weight is 249 g/mol. The number of hydrogen-bond donors (Lipinski definition) is 1. The van der Waals surface area contributed by atoms with E-state index in [0.29, 0.717) is 5.16 Å². The zero-order chi connectivity index (χ0) is 12.1. The van der Waals surface area contributed by atoms with Crippen molar-refractivity contribution < 1.29 is 4.79 Å². The van der Waals surface area contributed by atoms with Gasteiger partial charge in [0.2, 0.25) is 11.1 Å². The highest BCUT2D eigenvalue weighted by Gasteiger charge is 2.07. The van der Waals surface area contributed by atoms with Crippen molar-refractivity contribution in [3.8, 4) is 0 Å². The maximum Gasteiger partial charge on any atom is 0.234 e. The van der Waals surface area contributed by atoms with Crippen LogP contribution in [-0.2, 0) is 11.8 Å². The molecule has 7 heteroatoms. The number of amides is 1. The summed E-state index contributed by atoms with van der Waals surface area (Å²) < 4.78 is 1.53. The smallest absolute Gasteiger partial charge is 0.234 e. The molecule has 0 atom stereocenters. The average Bonchev–Trinajstić information content (AvgIpc) is 2.74. The lowest BCUT2D eigenvalue weighted by atomic mass is 10.3. The highest BCUT2D eigenvalue weighted by molar-refractivity contribution is 7.99. The second-order valence-corrected chi connectivity index (χ2v) is 4.23. The molecular weight excluding hydrogens is 238 g/mol. The second kappa shape index (κ2) is 5.44. The molecule has 0 aliphatic rings. The van der Waals surface area contributed by atoms with E-state index >= 15 is 0 Å². The first-order valence-electron chi connectivity index (χ1n) is 4.96. The number of thioether (sulfide) groups is 1. The number of para-hydroxylation sites is 1. The Labute approximate surface area is 102 Å². The van der Waals surface area contributed by atoms with Gasteiger partial charge in [0.1, 0.15) is 0 Å². The molecule has 6 nitrogen and oxygen atoms in total. The highest BCUT2D eigenvalue weighted by Crippen LogP contribution is 2.13. The third-order valence-corrected chi connectivity index (χ3v) is 2.98. The van der Waals surface area contributed by atoms with Gasteiger partial charge >= 0.3 is 0 Å². The molecule has 17 heavy (non-hydrogen) atoms. The van der Waals surface area contributed by atoms with Crippen LogP contribution in [0.25, 0.3) is 0 Å². The van der Waals surface area contributed by atoms with Crippen LogP contribution in [0.5, 0.6) is 0 Å². The molecule has 0 aliphatic heterocycles. The zero-order valence-electron chi connectivity index (χ0n) is 9.20. The first-order valence-corrected chi connectivity index (χ1v) is 5.94. The van der Waals surface area contributed by atoms with Gasteiger partial charge in [-0.15, -0.1) is 5.10 Å². The topological polar surface area (TPSA) is 72.7 Å². The maximum atomic E-state index is 11.6. The summed E-state index contributed by atoms with van der Waals surface area (Å²) in [6.45, 7) is 0. The Kier molecular flexibility index (Phi) is 3.71. The number of anilines is 1. The van der Waals surface area contributed by atoms with Gasteiger partial charge in [0.15, 0.2) is 0 Å². The van der Waals surface area contributed by atoms with Crippen LogP contribution in [0.2, 0.25) is 0 Å². The van der Waals surface area contributed by atoms with Crippen LogP contribution in [0.15, 0.2) is 35.5 Å². The van der Waals surface area contributed by atoms with Crippen LogP contribution in [0, 0.1) is 0 Å². The summed E-state index contributed by atoms with van der Waals surface area (Å²) >= 11 is 1.30. The van der Waals surface area contributed by atoms with Gasteiger partial charge in [0, 0.05) is 12.7 Å². The molecule has 2 aromatic rings. The third-order valence-electron chi connectivity index (χ3n) is 1.97. The zero-order valence-corrected chi connectivity index (χ0v) is 10.0. The predicted octanol–water partition coefficient (Wildman–Crippen LogP) is 0.941. The Balaban J connectivity index is 1.84. The molecule has 1 amide bonds. The van der Waals surface area contributed by atoms with Crippen LogP contribution in [0.4, 0.5) is 5.69 Å². The fourth-order valence-corrected chi connectivity index (χ4v) is 1.84. The van der Waals surface area contributed by atoms with Crippen molar-refractivity contribution in [2.45, 2.75) is 5.16 Å². The first kappa shape index (κ1) is 11.6. The van der Waals surface area contributed by atoms with Crippen LogP contribution in [0.1, 0.15) is 0 Å². The Morgan fingerprint density at radius 1 is 1.41 bits per heavy atom. The number of hydrogen-bond acceptors (Lipinski definition) is 5. The summed E-state index contributed by atoms with van der Waals surface area (Å²) in [7, 11) is 1.73. The highest BCUT2D eigenvalue weighted by atomic mass is 32.2. The molecule has 0 spiro atoms. The largest absolute Gasteiger partial charge is 0.325 e. The minimum atomic E-state index is -0.0794. The van der Waals surface area contributed by atoms with E-state index in [4.69, 9.17) is 0 Å². The minimum absolute atomic E-state index is 0.0794. The second-order valence-electron chi connectivity index (χ2n) is 3.29. The van der Waals surface area contributed by atoms with Crippen molar-refractivity contribution in [1.82, 2.24) is 20.2 Å². The van der Waals surface area contributed by atoms with Gasteiger partial charge in [-0.05, 0) is 22.6 Å². The summed E-state index contributed by atoms with van der Waals surface area (Å²) in [5.41, 5.74) is 0.786. The summed E-state index contributed by atoms with van der Waals surface area (Å²) in [5.74, 6) is 0.201. The minimum Gasteiger partial charge on any atom is -0.325 e. The molecule has 0 bridgehead atoms. The predicted molar refractivity (Wildman–Crippen MR) is 64.6 cm³/mol.